The summed E-state index contributed by atoms with van der Waals surface area (Å²) in [5, 5.41) is 11.4. The van der Waals surface area contributed by atoms with Crippen LogP contribution in [0.25, 0.3) is 5.69 Å². The molecule has 1 heterocycles. The number of hydrogen-bond acceptors (Lipinski definition) is 2. The van der Waals surface area contributed by atoms with Crippen molar-refractivity contribution in [3.63, 3.8) is 0 Å². The molecule has 5 heteroatoms. The van der Waals surface area contributed by atoms with Gasteiger partial charge in [0.1, 0.15) is 5.69 Å². The molecule has 94 valence electrons. The van der Waals surface area contributed by atoms with Crippen LogP contribution in [0.1, 0.15) is 35.8 Å². The summed E-state index contributed by atoms with van der Waals surface area (Å²) >= 11 is 0. The lowest BCUT2D eigenvalue weighted by Gasteiger charge is -2.06. The molecule has 0 amide bonds. The molecule has 0 saturated carbocycles. The predicted molar refractivity (Wildman–Crippen MR) is 67.4 cm³/mol. The second-order valence-electron chi connectivity index (χ2n) is 4.39. The average Bonchev–Trinajstić information content (AvgIpc) is 2.71. The summed E-state index contributed by atoms with van der Waals surface area (Å²) in [5.41, 5.74) is 1.28. The molecule has 0 aliphatic heterocycles. The van der Waals surface area contributed by atoms with Crippen molar-refractivity contribution in [3.8, 4) is 5.69 Å². The summed E-state index contributed by atoms with van der Waals surface area (Å²) in [4.78, 5) is 22.4. The van der Waals surface area contributed by atoms with E-state index in [1.165, 1.54) is 4.68 Å². The second-order valence-corrected chi connectivity index (χ2v) is 4.39. The van der Waals surface area contributed by atoms with Crippen molar-refractivity contribution in [1.82, 2.24) is 9.78 Å². The molecule has 0 aliphatic carbocycles. The number of H-pyrrole nitrogens is 1. The summed E-state index contributed by atoms with van der Waals surface area (Å²) < 4.78 is 1.22. The van der Waals surface area contributed by atoms with E-state index in [1.807, 2.05) is 12.1 Å². The van der Waals surface area contributed by atoms with Gasteiger partial charge in [-0.25, -0.2) is 9.48 Å². The number of carboxylic acids is 1. The lowest BCUT2D eigenvalue weighted by Crippen LogP contribution is -2.13. The Morgan fingerprint density at radius 3 is 2.33 bits per heavy atom. The van der Waals surface area contributed by atoms with Crippen LogP contribution in [0.15, 0.2) is 35.1 Å². The Labute approximate surface area is 104 Å². The molecule has 2 aromatic rings. The zero-order chi connectivity index (χ0) is 13.3. The standard InChI is InChI=1S/C13H14N2O3/c1-8(2)9-3-5-10(6-4-9)15-12(16)7-11(14-15)13(17)18/h3-8,14H,1-2H3,(H,17,18). The first-order valence-corrected chi connectivity index (χ1v) is 5.64. The fraction of sp³-hybridized carbons (Fsp3) is 0.231. The molecule has 1 aromatic carbocycles. The van der Waals surface area contributed by atoms with Crippen molar-refractivity contribution in [2.75, 3.05) is 0 Å². The fourth-order valence-corrected chi connectivity index (χ4v) is 1.71. The quantitative estimate of drug-likeness (QED) is 0.869. The van der Waals surface area contributed by atoms with E-state index in [0.29, 0.717) is 11.6 Å². The topological polar surface area (TPSA) is 75.1 Å². The normalized spacial score (nSPS) is 10.8. The molecule has 0 spiro atoms. The molecule has 2 rings (SSSR count). The summed E-state index contributed by atoms with van der Waals surface area (Å²) in [7, 11) is 0. The van der Waals surface area contributed by atoms with Gasteiger partial charge >= 0.3 is 5.97 Å². The van der Waals surface area contributed by atoms with E-state index in [9.17, 15) is 9.59 Å². The number of carbonyl (C=O) groups is 1. The number of nitrogens with zero attached hydrogens (tertiary/aromatic N) is 1. The number of rotatable bonds is 3. The Hall–Kier alpha value is -2.30. The van der Waals surface area contributed by atoms with Crippen molar-refractivity contribution < 1.29 is 9.90 Å². The maximum atomic E-state index is 11.6. The average molecular weight is 246 g/mol. The molecule has 1 aromatic heterocycles. The van der Waals surface area contributed by atoms with Crippen LogP contribution >= 0.6 is 0 Å². The molecule has 0 bridgehead atoms. The van der Waals surface area contributed by atoms with Gasteiger partial charge in [-0.1, -0.05) is 26.0 Å². The van der Waals surface area contributed by atoms with Crippen molar-refractivity contribution in [2.45, 2.75) is 19.8 Å². The Bertz CT molecular complexity index is 620. The molecule has 0 saturated heterocycles. The van der Waals surface area contributed by atoms with Crippen LogP contribution in [0.5, 0.6) is 0 Å². The van der Waals surface area contributed by atoms with E-state index in [-0.39, 0.29) is 11.3 Å². The smallest absolute Gasteiger partial charge is 0.353 e. The van der Waals surface area contributed by atoms with E-state index in [1.54, 1.807) is 12.1 Å². The van der Waals surface area contributed by atoms with Crippen molar-refractivity contribution >= 4 is 5.97 Å². The number of benzene rings is 1. The molecular formula is C13H14N2O3. The fourth-order valence-electron chi connectivity index (χ4n) is 1.71. The van der Waals surface area contributed by atoms with Crippen molar-refractivity contribution in [1.29, 1.82) is 0 Å². The highest BCUT2D eigenvalue weighted by Gasteiger charge is 2.10. The van der Waals surface area contributed by atoms with Gasteiger partial charge in [-0.15, -0.1) is 0 Å². The third kappa shape index (κ3) is 2.20. The predicted octanol–water partition coefficient (Wildman–Crippen LogP) is 1.99. The van der Waals surface area contributed by atoms with E-state index in [2.05, 4.69) is 18.9 Å². The van der Waals surface area contributed by atoms with Crippen LogP contribution in [0.2, 0.25) is 0 Å². The minimum Gasteiger partial charge on any atom is -0.477 e. The SMILES string of the molecule is CC(C)c1ccc(-n2[nH]c(C(=O)O)cc2=O)cc1. The monoisotopic (exact) mass is 246 g/mol. The third-order valence-corrected chi connectivity index (χ3v) is 2.77. The minimum absolute atomic E-state index is 0.118. The first-order valence-electron chi connectivity index (χ1n) is 5.64. The molecule has 0 radical (unpaired) electrons. The molecule has 0 atom stereocenters. The van der Waals surface area contributed by atoms with E-state index in [0.717, 1.165) is 11.6 Å². The largest absolute Gasteiger partial charge is 0.477 e. The van der Waals surface area contributed by atoms with Gasteiger partial charge in [0.25, 0.3) is 5.56 Å². The van der Waals surface area contributed by atoms with Crippen LogP contribution < -0.4 is 5.56 Å². The lowest BCUT2D eigenvalue weighted by atomic mass is 10.0. The summed E-state index contributed by atoms with van der Waals surface area (Å²) in [6.45, 7) is 4.16. The lowest BCUT2D eigenvalue weighted by molar-refractivity contribution is 0.0690. The molecular weight excluding hydrogens is 232 g/mol. The van der Waals surface area contributed by atoms with Gasteiger partial charge in [0.05, 0.1) is 5.69 Å². The number of nitrogens with one attached hydrogen (secondary N) is 1. The van der Waals surface area contributed by atoms with E-state index >= 15 is 0 Å². The Kier molecular flexibility index (Phi) is 3.06. The van der Waals surface area contributed by atoms with Crippen LogP contribution in [-0.4, -0.2) is 20.9 Å². The van der Waals surface area contributed by atoms with Crippen LogP contribution in [0.4, 0.5) is 0 Å². The van der Waals surface area contributed by atoms with Gasteiger partial charge in [-0.2, -0.15) is 0 Å². The van der Waals surface area contributed by atoms with Gasteiger partial charge in [0.15, 0.2) is 0 Å². The highest BCUT2D eigenvalue weighted by Crippen LogP contribution is 2.15. The third-order valence-electron chi connectivity index (χ3n) is 2.77. The molecule has 0 unspecified atom stereocenters. The molecule has 2 N–H and O–H groups in total. The summed E-state index contributed by atoms with van der Waals surface area (Å²) in [6.07, 6.45) is 0. The molecule has 18 heavy (non-hydrogen) atoms. The van der Waals surface area contributed by atoms with E-state index < -0.39 is 5.97 Å². The summed E-state index contributed by atoms with van der Waals surface area (Å²) in [6, 6.07) is 8.50. The van der Waals surface area contributed by atoms with Gasteiger partial charge < -0.3 is 5.11 Å². The van der Waals surface area contributed by atoms with E-state index in [4.69, 9.17) is 5.11 Å². The number of aromatic carboxylic acids is 1. The molecule has 0 aliphatic rings. The maximum Gasteiger partial charge on any atom is 0.353 e. The Morgan fingerprint density at radius 2 is 1.89 bits per heavy atom. The van der Waals surface area contributed by atoms with Crippen LogP contribution in [-0.2, 0) is 0 Å². The maximum absolute atomic E-state index is 11.6. The number of aromatic amines is 1. The minimum atomic E-state index is -1.15. The second kappa shape index (κ2) is 4.52. The van der Waals surface area contributed by atoms with Gasteiger partial charge in [0.2, 0.25) is 0 Å². The molecule has 5 nitrogen and oxygen atoms in total. The first-order chi connectivity index (χ1) is 8.49. The summed E-state index contributed by atoms with van der Waals surface area (Å²) in [5.74, 6) is -0.737. The Morgan fingerprint density at radius 1 is 1.28 bits per heavy atom. The van der Waals surface area contributed by atoms with Crippen LogP contribution in [0, 0.1) is 0 Å². The van der Waals surface area contributed by atoms with Gasteiger partial charge in [-0.3, -0.25) is 9.89 Å². The Balaban J connectivity index is 2.43. The highest BCUT2D eigenvalue weighted by molar-refractivity contribution is 5.85. The van der Waals surface area contributed by atoms with Gasteiger partial charge in [-0.05, 0) is 23.6 Å². The highest BCUT2D eigenvalue weighted by atomic mass is 16.4. The number of aromatic nitrogens is 2. The van der Waals surface area contributed by atoms with Crippen molar-refractivity contribution in [2.24, 2.45) is 0 Å². The van der Waals surface area contributed by atoms with Gasteiger partial charge in [0, 0.05) is 6.07 Å². The van der Waals surface area contributed by atoms with Crippen LogP contribution in [0.3, 0.4) is 0 Å². The number of carboxylic acid groups (broad SMARTS) is 1. The zero-order valence-electron chi connectivity index (χ0n) is 10.2. The van der Waals surface area contributed by atoms with Crippen molar-refractivity contribution in [3.05, 3.63) is 51.9 Å². The molecule has 0 fully saturated rings. The first kappa shape index (κ1) is 12.2. The number of hydrogen-bond donors (Lipinski definition) is 2. The zero-order valence-corrected chi connectivity index (χ0v) is 10.2.